The number of carbonyl (C=O) groups excluding carboxylic acids is 1. The van der Waals surface area contributed by atoms with Crippen LogP contribution in [-0.2, 0) is 16.6 Å². The van der Waals surface area contributed by atoms with Crippen molar-refractivity contribution in [2.45, 2.75) is 68.0 Å². The summed E-state index contributed by atoms with van der Waals surface area (Å²) in [7, 11) is -0.630. The van der Waals surface area contributed by atoms with Crippen molar-refractivity contribution in [3.63, 3.8) is 0 Å². The van der Waals surface area contributed by atoms with Crippen molar-refractivity contribution in [1.82, 2.24) is 14.5 Å². The number of rotatable bonds is 7. The molecule has 10 heteroatoms. The zero-order valence-electron chi connectivity index (χ0n) is 25.4. The van der Waals surface area contributed by atoms with Gasteiger partial charge in [0, 0.05) is 39.3 Å². The Labute approximate surface area is 259 Å². The predicted octanol–water partition coefficient (Wildman–Crippen LogP) is 6.04. The van der Waals surface area contributed by atoms with Crippen molar-refractivity contribution < 1.29 is 17.6 Å². The molecule has 2 saturated heterocycles. The van der Waals surface area contributed by atoms with Gasteiger partial charge in [-0.3, -0.25) is 20.1 Å². The Morgan fingerprint density at radius 1 is 0.955 bits per heavy atom. The van der Waals surface area contributed by atoms with Gasteiger partial charge in [-0.25, -0.2) is 21.9 Å². The molecule has 3 aliphatic rings. The maximum atomic E-state index is 15.0. The molecule has 2 aliphatic heterocycles. The summed E-state index contributed by atoms with van der Waals surface area (Å²) in [5, 5.41) is 3.13. The van der Waals surface area contributed by atoms with E-state index in [-0.39, 0.29) is 17.0 Å². The van der Waals surface area contributed by atoms with E-state index < -0.39 is 21.4 Å². The largest absolute Gasteiger partial charge is 0.328 e. The normalized spacial score (nSPS) is 20.5. The number of benzene rings is 3. The van der Waals surface area contributed by atoms with E-state index in [4.69, 9.17) is 4.99 Å². The average molecular weight is 618 g/mol. The number of hydrogen-bond donors (Lipinski definition) is 1. The molecule has 0 unspecified atom stereocenters. The molecular formula is C34H40FN5O3S. The number of nitrogens with one attached hydrogen (secondary N) is 1. The Kier molecular flexibility index (Phi) is 8.59. The van der Waals surface area contributed by atoms with Gasteiger partial charge in [0.2, 0.25) is 10.0 Å². The molecule has 1 N–H and O–H groups in total. The summed E-state index contributed by atoms with van der Waals surface area (Å²) in [5.41, 5.74) is 2.30. The molecule has 232 valence electrons. The molecule has 1 saturated carbocycles. The molecule has 3 aromatic rings. The number of amidine groups is 1. The number of urea groups is 1. The van der Waals surface area contributed by atoms with Gasteiger partial charge in [0.15, 0.2) is 0 Å². The summed E-state index contributed by atoms with van der Waals surface area (Å²) < 4.78 is 41.5. The van der Waals surface area contributed by atoms with Gasteiger partial charge < -0.3 is 0 Å². The molecule has 2 heterocycles. The van der Waals surface area contributed by atoms with Crippen molar-refractivity contribution in [3.05, 3.63) is 84.2 Å². The first kappa shape index (κ1) is 30.4. The monoisotopic (exact) mass is 617 g/mol. The molecule has 0 atom stereocenters. The first-order valence-corrected chi connectivity index (χ1v) is 16.9. The molecule has 3 fully saturated rings. The highest BCUT2D eigenvalue weighted by Crippen LogP contribution is 2.43. The minimum atomic E-state index is -3.61. The number of halogens is 1. The lowest BCUT2D eigenvalue weighted by molar-refractivity contribution is 0.184. The smallest absolute Gasteiger partial charge is 0.299 e. The van der Waals surface area contributed by atoms with Crippen LogP contribution in [0.1, 0.15) is 50.5 Å². The number of hydrogen-bond acceptors (Lipinski definition) is 5. The highest BCUT2D eigenvalue weighted by atomic mass is 32.2. The third kappa shape index (κ3) is 5.90. The fourth-order valence-electron chi connectivity index (χ4n) is 6.79. The minimum absolute atomic E-state index is 0.163. The van der Waals surface area contributed by atoms with E-state index in [1.807, 2.05) is 18.2 Å². The van der Waals surface area contributed by atoms with Crippen LogP contribution in [0.3, 0.4) is 0 Å². The second-order valence-electron chi connectivity index (χ2n) is 12.3. The third-order valence-electron chi connectivity index (χ3n) is 9.26. The first-order valence-electron chi connectivity index (χ1n) is 15.5. The van der Waals surface area contributed by atoms with Gasteiger partial charge in [-0.05, 0) is 67.1 Å². The summed E-state index contributed by atoms with van der Waals surface area (Å²) >= 11 is 0. The van der Waals surface area contributed by atoms with Crippen LogP contribution in [0.25, 0.3) is 11.1 Å². The molecule has 2 amide bonds. The van der Waals surface area contributed by atoms with E-state index in [0.717, 1.165) is 45.3 Å². The molecule has 1 aliphatic carbocycles. The number of carbonyl (C=O) groups is 1. The number of piperidine rings is 1. The van der Waals surface area contributed by atoms with Gasteiger partial charge in [0.05, 0.1) is 16.6 Å². The molecule has 3 aromatic carbocycles. The zero-order valence-corrected chi connectivity index (χ0v) is 26.2. The Hall–Kier alpha value is -3.60. The van der Waals surface area contributed by atoms with Crippen LogP contribution < -0.4 is 10.2 Å². The van der Waals surface area contributed by atoms with E-state index in [2.05, 4.69) is 22.3 Å². The van der Waals surface area contributed by atoms with Crippen molar-refractivity contribution >= 4 is 27.6 Å². The van der Waals surface area contributed by atoms with Gasteiger partial charge in [-0.2, -0.15) is 0 Å². The predicted molar refractivity (Wildman–Crippen MR) is 172 cm³/mol. The van der Waals surface area contributed by atoms with E-state index >= 15 is 4.39 Å². The Bertz CT molecular complexity index is 1630. The number of sulfonamides is 1. The van der Waals surface area contributed by atoms with Gasteiger partial charge in [-0.15, -0.1) is 0 Å². The van der Waals surface area contributed by atoms with Gasteiger partial charge in [0.25, 0.3) is 0 Å². The van der Waals surface area contributed by atoms with Crippen LogP contribution in [0.5, 0.6) is 0 Å². The lowest BCUT2D eigenvalue weighted by Crippen LogP contribution is -2.57. The summed E-state index contributed by atoms with van der Waals surface area (Å²) in [6, 6.07) is 21.2. The van der Waals surface area contributed by atoms with Crippen molar-refractivity contribution in [1.29, 1.82) is 0 Å². The maximum Gasteiger partial charge on any atom is 0.328 e. The van der Waals surface area contributed by atoms with Crippen LogP contribution in [0.4, 0.5) is 14.9 Å². The number of anilines is 1. The number of amides is 2. The number of nitrogens with zero attached hydrogens (tertiary/aromatic N) is 4. The molecular weight excluding hydrogens is 577 g/mol. The second-order valence-corrected chi connectivity index (χ2v) is 14.5. The van der Waals surface area contributed by atoms with Crippen LogP contribution >= 0.6 is 0 Å². The quantitative estimate of drug-likeness (QED) is 0.351. The molecule has 8 nitrogen and oxygen atoms in total. The zero-order chi connectivity index (χ0) is 30.9. The Morgan fingerprint density at radius 2 is 1.64 bits per heavy atom. The van der Waals surface area contributed by atoms with E-state index in [1.165, 1.54) is 42.5 Å². The second kappa shape index (κ2) is 12.4. The summed E-state index contributed by atoms with van der Waals surface area (Å²) in [5.74, 6) is 0.245. The Balaban J connectivity index is 1.39. The van der Waals surface area contributed by atoms with Crippen LogP contribution in [0, 0.1) is 5.82 Å². The third-order valence-corrected chi connectivity index (χ3v) is 11.1. The highest BCUT2D eigenvalue weighted by Gasteiger charge is 2.53. The van der Waals surface area contributed by atoms with Gasteiger partial charge >= 0.3 is 6.03 Å². The standard InChI is InChI=1S/C34H40FN5O3S/c1-38(2)44(42,43)29-16-13-26(14-17-29)30-18-15-27(35)23-31(30)40-33(41)37-32(36-28-11-7-4-8-12-28)34(40)19-21-39(22-20-34)24-25-9-5-3-6-10-25/h3,5-6,9-10,13-18,23,28H,4,7-8,11-12,19-22,24H2,1-2H3,(H,36,37,41). The average Bonchev–Trinajstić information content (AvgIpc) is 3.28. The molecule has 1 spiro atoms. The van der Waals surface area contributed by atoms with E-state index in [1.54, 1.807) is 35.2 Å². The minimum Gasteiger partial charge on any atom is -0.299 e. The van der Waals surface area contributed by atoms with E-state index in [9.17, 15) is 13.2 Å². The van der Waals surface area contributed by atoms with Gasteiger partial charge in [0.1, 0.15) is 17.2 Å². The molecule has 44 heavy (non-hydrogen) atoms. The fourth-order valence-corrected chi connectivity index (χ4v) is 7.69. The molecule has 6 rings (SSSR count). The highest BCUT2D eigenvalue weighted by molar-refractivity contribution is 7.89. The topological polar surface area (TPSA) is 85.3 Å². The van der Waals surface area contributed by atoms with Crippen LogP contribution in [0.2, 0.25) is 0 Å². The summed E-state index contributed by atoms with van der Waals surface area (Å²) in [4.78, 5) is 23.4. The van der Waals surface area contributed by atoms with Crippen LogP contribution in [0.15, 0.2) is 82.7 Å². The number of aliphatic imine (C=N–C) groups is 1. The molecule has 0 bridgehead atoms. The lowest BCUT2D eigenvalue weighted by Gasteiger charge is -2.44. The summed E-state index contributed by atoms with van der Waals surface area (Å²) in [6.45, 7) is 2.33. The van der Waals surface area contributed by atoms with Gasteiger partial charge in [-0.1, -0.05) is 61.7 Å². The summed E-state index contributed by atoms with van der Waals surface area (Å²) in [6.07, 6.45) is 6.78. The Morgan fingerprint density at radius 3 is 2.30 bits per heavy atom. The first-order chi connectivity index (χ1) is 21.2. The molecule has 0 aromatic heterocycles. The molecule has 0 radical (unpaired) electrons. The van der Waals surface area contributed by atoms with Crippen LogP contribution in [-0.4, -0.2) is 68.3 Å². The maximum absolute atomic E-state index is 15.0. The van der Waals surface area contributed by atoms with Crippen molar-refractivity contribution in [2.75, 3.05) is 32.1 Å². The fraction of sp³-hybridized carbons (Fsp3) is 0.412. The number of likely N-dealkylation sites (tertiary alicyclic amines) is 1. The van der Waals surface area contributed by atoms with Crippen molar-refractivity contribution in [3.8, 4) is 11.1 Å². The van der Waals surface area contributed by atoms with Crippen molar-refractivity contribution in [2.24, 2.45) is 4.99 Å². The SMILES string of the molecule is CN(C)S(=O)(=O)c1ccc(-c2ccc(F)cc2N2C(=O)NC(=NC3CCCCC3)C23CCN(Cc2ccccc2)CC3)cc1. The van der Waals surface area contributed by atoms with E-state index in [0.29, 0.717) is 35.5 Å². The lowest BCUT2D eigenvalue weighted by atomic mass is 9.84.